The summed E-state index contributed by atoms with van der Waals surface area (Å²) in [4.78, 5) is 15.9. The van der Waals surface area contributed by atoms with Crippen LogP contribution in [0.4, 0.5) is 5.69 Å². The molecule has 118 valence electrons. The molecule has 1 amide bonds. The van der Waals surface area contributed by atoms with Crippen LogP contribution in [0.15, 0.2) is 35.0 Å². The average molecular weight is 318 g/mol. The summed E-state index contributed by atoms with van der Waals surface area (Å²) in [6.45, 7) is 7.04. The number of hydrogen-bond donors (Lipinski definition) is 2. The summed E-state index contributed by atoms with van der Waals surface area (Å²) in [6.07, 6.45) is 2.17. The number of hydrogen-bond acceptors (Lipinski definition) is 4. The first-order valence-corrected chi connectivity index (χ1v) is 8.24. The monoisotopic (exact) mass is 318 g/mol. The molecule has 1 aromatic heterocycles. The molecule has 0 saturated heterocycles. The highest BCUT2D eigenvalue weighted by atomic mass is 32.2. The number of amides is 1. The minimum atomic E-state index is -0.0764. The Morgan fingerprint density at radius 2 is 2.18 bits per heavy atom. The Kier molecular flexibility index (Phi) is 5.63. The van der Waals surface area contributed by atoms with Crippen LogP contribution in [0.3, 0.4) is 0 Å². The largest absolute Gasteiger partial charge is 0.330 e. The molecule has 5 nitrogen and oxygen atoms in total. The van der Waals surface area contributed by atoms with E-state index in [9.17, 15) is 4.79 Å². The highest BCUT2D eigenvalue weighted by Gasteiger charge is 2.11. The van der Waals surface area contributed by atoms with Crippen molar-refractivity contribution in [2.75, 3.05) is 17.6 Å². The van der Waals surface area contributed by atoms with E-state index in [-0.39, 0.29) is 5.91 Å². The lowest BCUT2D eigenvalue weighted by Gasteiger charge is -2.07. The lowest BCUT2D eigenvalue weighted by atomic mass is 10.2. The van der Waals surface area contributed by atoms with E-state index in [1.165, 1.54) is 12.5 Å². The molecule has 0 aliphatic carbocycles. The molecule has 0 unspecified atom stereocenters. The standard InChI is InChI=1S/C16H22N4OS/c1-11(2)6-8-20-15-10-13(18-12(3)21)4-5-14(15)19-16(20)22-9-7-17/h4-6,10H,7-9,17H2,1-3H3,(H,18,21). The predicted octanol–water partition coefficient (Wildman–Crippen LogP) is 3.01. The number of rotatable bonds is 6. The molecule has 1 aromatic carbocycles. The van der Waals surface area contributed by atoms with Gasteiger partial charge in [0.1, 0.15) is 0 Å². The van der Waals surface area contributed by atoms with Gasteiger partial charge in [-0.15, -0.1) is 0 Å². The maximum Gasteiger partial charge on any atom is 0.221 e. The highest BCUT2D eigenvalue weighted by Crippen LogP contribution is 2.26. The molecule has 0 radical (unpaired) electrons. The number of benzene rings is 1. The molecule has 6 heteroatoms. The summed E-state index contributed by atoms with van der Waals surface area (Å²) in [5.41, 5.74) is 9.59. The summed E-state index contributed by atoms with van der Waals surface area (Å²) < 4.78 is 2.16. The van der Waals surface area contributed by atoms with Crippen LogP contribution in [0.5, 0.6) is 0 Å². The van der Waals surface area contributed by atoms with Crippen LogP contribution < -0.4 is 11.1 Å². The second-order valence-corrected chi connectivity index (χ2v) is 6.37. The average Bonchev–Trinajstić information content (AvgIpc) is 2.79. The molecule has 0 atom stereocenters. The van der Waals surface area contributed by atoms with Gasteiger partial charge in [-0.1, -0.05) is 23.4 Å². The molecule has 0 fully saturated rings. The molecule has 0 saturated carbocycles. The number of nitrogens with zero attached hydrogens (tertiary/aromatic N) is 2. The summed E-state index contributed by atoms with van der Waals surface area (Å²) in [7, 11) is 0. The van der Waals surface area contributed by atoms with E-state index >= 15 is 0 Å². The first-order valence-electron chi connectivity index (χ1n) is 7.25. The van der Waals surface area contributed by atoms with Crippen molar-refractivity contribution in [1.29, 1.82) is 0 Å². The number of imidazole rings is 1. The molecule has 22 heavy (non-hydrogen) atoms. The SMILES string of the molecule is CC(=O)Nc1ccc2nc(SCCN)n(CC=C(C)C)c2c1. The van der Waals surface area contributed by atoms with Crippen LogP contribution in [-0.2, 0) is 11.3 Å². The third kappa shape index (κ3) is 4.11. The van der Waals surface area contributed by atoms with Crippen molar-refractivity contribution >= 4 is 34.4 Å². The normalized spacial score (nSPS) is 10.7. The van der Waals surface area contributed by atoms with E-state index in [1.807, 2.05) is 18.2 Å². The fraction of sp³-hybridized carbons (Fsp3) is 0.375. The van der Waals surface area contributed by atoms with Gasteiger partial charge in [-0.2, -0.15) is 0 Å². The molecular weight excluding hydrogens is 296 g/mol. The van der Waals surface area contributed by atoms with E-state index in [4.69, 9.17) is 5.73 Å². The lowest BCUT2D eigenvalue weighted by molar-refractivity contribution is -0.114. The number of carbonyl (C=O) groups excluding carboxylic acids is 1. The van der Waals surface area contributed by atoms with Crippen molar-refractivity contribution < 1.29 is 4.79 Å². The van der Waals surface area contributed by atoms with Crippen LogP contribution in [0.25, 0.3) is 11.0 Å². The van der Waals surface area contributed by atoms with Crippen molar-refractivity contribution in [3.8, 4) is 0 Å². The number of nitrogens with one attached hydrogen (secondary N) is 1. The Labute approximate surface area is 135 Å². The Hall–Kier alpha value is -1.79. The van der Waals surface area contributed by atoms with Crippen molar-refractivity contribution in [3.63, 3.8) is 0 Å². The number of carbonyl (C=O) groups is 1. The Morgan fingerprint density at radius 3 is 2.82 bits per heavy atom. The predicted molar refractivity (Wildman–Crippen MR) is 93.2 cm³/mol. The summed E-state index contributed by atoms with van der Waals surface area (Å²) in [5.74, 6) is 0.754. The third-order valence-corrected chi connectivity index (χ3v) is 4.07. The summed E-state index contributed by atoms with van der Waals surface area (Å²) in [5, 5.41) is 3.78. The van der Waals surface area contributed by atoms with Gasteiger partial charge in [0.05, 0.1) is 11.0 Å². The molecule has 0 aliphatic rings. The number of anilines is 1. The topological polar surface area (TPSA) is 72.9 Å². The number of aromatic nitrogens is 2. The van der Waals surface area contributed by atoms with Crippen LogP contribution >= 0.6 is 11.8 Å². The van der Waals surface area contributed by atoms with Crippen molar-refractivity contribution in [3.05, 3.63) is 29.8 Å². The number of nitrogens with two attached hydrogens (primary N) is 1. The van der Waals surface area contributed by atoms with Gasteiger partial charge >= 0.3 is 0 Å². The zero-order valence-corrected chi connectivity index (χ0v) is 14.0. The molecule has 0 aliphatic heterocycles. The Morgan fingerprint density at radius 1 is 1.41 bits per heavy atom. The first-order chi connectivity index (χ1) is 10.5. The molecule has 3 N–H and O–H groups in total. The lowest BCUT2D eigenvalue weighted by Crippen LogP contribution is -2.06. The smallest absolute Gasteiger partial charge is 0.221 e. The van der Waals surface area contributed by atoms with Crippen LogP contribution in [0.1, 0.15) is 20.8 Å². The fourth-order valence-corrected chi connectivity index (χ4v) is 2.88. The quantitative estimate of drug-likeness (QED) is 0.634. The zero-order chi connectivity index (χ0) is 16.1. The van der Waals surface area contributed by atoms with Crippen molar-refractivity contribution in [2.24, 2.45) is 5.73 Å². The van der Waals surface area contributed by atoms with Gasteiger partial charge in [0.25, 0.3) is 0 Å². The molecule has 1 heterocycles. The van der Waals surface area contributed by atoms with Gasteiger partial charge in [0.2, 0.25) is 5.91 Å². The van der Waals surface area contributed by atoms with Crippen molar-refractivity contribution in [2.45, 2.75) is 32.5 Å². The van der Waals surface area contributed by atoms with Gasteiger partial charge in [-0.3, -0.25) is 4.79 Å². The highest BCUT2D eigenvalue weighted by molar-refractivity contribution is 7.99. The van der Waals surface area contributed by atoms with Crippen LogP contribution in [-0.4, -0.2) is 27.8 Å². The fourth-order valence-electron chi connectivity index (χ4n) is 2.09. The van der Waals surface area contributed by atoms with Crippen LogP contribution in [0, 0.1) is 0 Å². The molecule has 0 spiro atoms. The number of thioether (sulfide) groups is 1. The van der Waals surface area contributed by atoms with Gasteiger partial charge < -0.3 is 15.6 Å². The van der Waals surface area contributed by atoms with E-state index in [0.29, 0.717) is 6.54 Å². The molecular formula is C16H22N4OS. The van der Waals surface area contributed by atoms with E-state index < -0.39 is 0 Å². The van der Waals surface area contributed by atoms with Gasteiger partial charge in [-0.25, -0.2) is 4.98 Å². The number of fused-ring (bicyclic) bond motifs is 1. The Bertz CT molecular complexity index is 701. The molecule has 2 rings (SSSR count). The summed E-state index contributed by atoms with van der Waals surface area (Å²) >= 11 is 1.65. The Balaban J connectivity index is 2.46. The van der Waals surface area contributed by atoms with E-state index in [0.717, 1.165) is 34.2 Å². The summed E-state index contributed by atoms with van der Waals surface area (Å²) in [6, 6.07) is 5.78. The van der Waals surface area contributed by atoms with Crippen LogP contribution in [0.2, 0.25) is 0 Å². The van der Waals surface area contributed by atoms with E-state index in [1.54, 1.807) is 11.8 Å². The second-order valence-electron chi connectivity index (χ2n) is 5.31. The van der Waals surface area contributed by atoms with Gasteiger partial charge in [0.15, 0.2) is 5.16 Å². The van der Waals surface area contributed by atoms with Gasteiger partial charge in [-0.05, 0) is 32.0 Å². The minimum absolute atomic E-state index is 0.0764. The second kappa shape index (κ2) is 7.47. The third-order valence-electron chi connectivity index (χ3n) is 3.06. The zero-order valence-electron chi connectivity index (χ0n) is 13.2. The van der Waals surface area contributed by atoms with Crippen molar-refractivity contribution in [1.82, 2.24) is 9.55 Å². The maximum absolute atomic E-state index is 11.2. The molecule has 2 aromatic rings. The van der Waals surface area contributed by atoms with Gasteiger partial charge in [0, 0.05) is 31.5 Å². The molecule has 0 bridgehead atoms. The minimum Gasteiger partial charge on any atom is -0.330 e. The van der Waals surface area contributed by atoms with E-state index in [2.05, 4.69) is 34.8 Å². The maximum atomic E-state index is 11.2. The first kappa shape index (κ1) is 16.6. The number of allylic oxidation sites excluding steroid dienone is 2.